The van der Waals surface area contributed by atoms with Crippen LogP contribution in [0.15, 0.2) is 174 Å². The molecular formula is C58H45N3O. The van der Waals surface area contributed by atoms with Crippen LogP contribution in [0.2, 0.25) is 0 Å². The van der Waals surface area contributed by atoms with Crippen LogP contribution in [0.1, 0.15) is 50.7 Å². The van der Waals surface area contributed by atoms with E-state index in [2.05, 4.69) is 214 Å². The van der Waals surface area contributed by atoms with Gasteiger partial charge in [-0.15, -0.1) is 0 Å². The summed E-state index contributed by atoms with van der Waals surface area (Å²) in [5.41, 5.74) is 15.9. The van der Waals surface area contributed by atoms with E-state index in [9.17, 15) is 0 Å². The number of aryl methyl sites for hydroxylation is 1. The van der Waals surface area contributed by atoms with Crippen LogP contribution in [0, 0.1) is 0 Å². The van der Waals surface area contributed by atoms with Crippen molar-refractivity contribution in [3.63, 3.8) is 0 Å². The van der Waals surface area contributed by atoms with Gasteiger partial charge in [-0.1, -0.05) is 149 Å². The summed E-state index contributed by atoms with van der Waals surface area (Å²) < 4.78 is 11.9. The van der Waals surface area contributed by atoms with Crippen molar-refractivity contribution in [2.24, 2.45) is 7.05 Å². The van der Waals surface area contributed by atoms with E-state index < -0.39 is 0 Å². The summed E-state index contributed by atoms with van der Waals surface area (Å²) >= 11 is 0. The molecule has 12 aromatic rings. The standard InChI is InChI=1S/C58H45N3O/c1-34(2)46-32-49-43-28-27-40(39-19-13-18-38(29-39)36-15-7-6-8-16-36)31-52(43)60(5)55(49)54(35(3)4)56(46)61-51-24-12-11-23-50(51)59-58(61)45-22-14-21-44-48-30-41-26-25-37-17-9-10-20-42(37)47(41)33-53(48)62-57(44)45/h6-35H,1-5H3. The Labute approximate surface area is 360 Å². The molecule has 0 unspecified atom stereocenters. The number of nitrogens with zero attached hydrogens (tertiary/aromatic N) is 3. The van der Waals surface area contributed by atoms with Crippen LogP contribution >= 0.6 is 0 Å². The Morgan fingerprint density at radius 1 is 0.484 bits per heavy atom. The van der Waals surface area contributed by atoms with Crippen LogP contribution in [-0.4, -0.2) is 14.1 Å². The van der Waals surface area contributed by atoms with Gasteiger partial charge in [0.25, 0.3) is 0 Å². The molecule has 0 saturated heterocycles. The fourth-order valence-electron chi connectivity index (χ4n) is 10.3. The zero-order valence-electron chi connectivity index (χ0n) is 35.6. The molecule has 0 fully saturated rings. The summed E-state index contributed by atoms with van der Waals surface area (Å²) in [6.07, 6.45) is 0. The SMILES string of the molecule is CC(C)c1cc2c3ccc(-c4cccc(-c5ccccc5)c4)cc3n(C)c2c(C(C)C)c1-n1c(-c2cccc3c2oc2cc4c(ccc5ccccc54)cc23)nc2ccccc21. The molecule has 0 spiro atoms. The molecule has 0 radical (unpaired) electrons. The second kappa shape index (κ2) is 13.8. The van der Waals surface area contributed by atoms with Crippen molar-refractivity contribution < 1.29 is 4.42 Å². The molecule has 62 heavy (non-hydrogen) atoms. The highest BCUT2D eigenvalue weighted by atomic mass is 16.3. The number of aromatic nitrogens is 3. The molecule has 0 amide bonds. The van der Waals surface area contributed by atoms with Crippen LogP contribution in [0.5, 0.6) is 0 Å². The number of imidazole rings is 1. The van der Waals surface area contributed by atoms with Gasteiger partial charge >= 0.3 is 0 Å². The average Bonchev–Trinajstić information content (AvgIpc) is 3.96. The molecule has 0 saturated carbocycles. The molecule has 0 N–H and O–H groups in total. The fourth-order valence-corrected chi connectivity index (χ4v) is 10.3. The fraction of sp³-hybridized carbons (Fsp3) is 0.121. The average molecular weight is 800 g/mol. The molecule has 0 atom stereocenters. The van der Waals surface area contributed by atoms with Crippen LogP contribution < -0.4 is 0 Å². The Morgan fingerprint density at radius 3 is 2.03 bits per heavy atom. The Balaban J connectivity index is 1.11. The van der Waals surface area contributed by atoms with Crippen molar-refractivity contribution in [2.75, 3.05) is 0 Å². The number of hydrogen-bond donors (Lipinski definition) is 0. The van der Waals surface area contributed by atoms with E-state index >= 15 is 0 Å². The molecule has 0 bridgehead atoms. The third-order valence-corrected chi connectivity index (χ3v) is 13.2. The molecule has 3 heterocycles. The quantitative estimate of drug-likeness (QED) is 0.157. The van der Waals surface area contributed by atoms with Gasteiger partial charge < -0.3 is 8.98 Å². The summed E-state index contributed by atoms with van der Waals surface area (Å²) in [5, 5.41) is 9.61. The number of furan rings is 1. The summed E-state index contributed by atoms with van der Waals surface area (Å²) in [5.74, 6) is 1.32. The Hall–Kier alpha value is -7.43. The van der Waals surface area contributed by atoms with E-state index in [4.69, 9.17) is 9.40 Å². The monoisotopic (exact) mass is 799 g/mol. The van der Waals surface area contributed by atoms with Crippen molar-refractivity contribution in [3.05, 3.63) is 181 Å². The molecule has 4 nitrogen and oxygen atoms in total. The number of benzene rings is 9. The van der Waals surface area contributed by atoms with E-state index in [1.807, 2.05) is 0 Å². The zero-order chi connectivity index (χ0) is 41.8. The normalized spacial score (nSPS) is 12.2. The molecule has 0 aliphatic heterocycles. The van der Waals surface area contributed by atoms with E-state index in [1.165, 1.54) is 82.4 Å². The molecule has 0 aliphatic carbocycles. The second-order valence-electron chi connectivity index (χ2n) is 17.6. The van der Waals surface area contributed by atoms with Gasteiger partial charge in [-0.3, -0.25) is 4.57 Å². The Bertz CT molecular complexity index is 3770. The smallest absolute Gasteiger partial charge is 0.149 e. The summed E-state index contributed by atoms with van der Waals surface area (Å²) in [6.45, 7) is 9.33. The van der Waals surface area contributed by atoms with E-state index in [1.54, 1.807) is 0 Å². The highest BCUT2D eigenvalue weighted by Crippen LogP contribution is 2.46. The minimum atomic E-state index is 0.203. The lowest BCUT2D eigenvalue weighted by atomic mass is 9.89. The van der Waals surface area contributed by atoms with Crippen molar-refractivity contribution in [3.8, 4) is 39.3 Å². The Kier molecular flexibility index (Phi) is 8.11. The van der Waals surface area contributed by atoms with E-state index in [0.717, 1.165) is 44.4 Å². The first-order chi connectivity index (χ1) is 30.3. The lowest BCUT2D eigenvalue weighted by Gasteiger charge is -2.24. The molecule has 298 valence electrons. The maximum atomic E-state index is 6.99. The van der Waals surface area contributed by atoms with Gasteiger partial charge in [0.2, 0.25) is 0 Å². The van der Waals surface area contributed by atoms with Crippen LogP contribution in [0.25, 0.3) is 116 Å². The minimum absolute atomic E-state index is 0.203. The summed E-state index contributed by atoms with van der Waals surface area (Å²) in [6, 6.07) is 61.7. The van der Waals surface area contributed by atoms with Crippen LogP contribution in [-0.2, 0) is 7.05 Å². The van der Waals surface area contributed by atoms with Crippen LogP contribution in [0.4, 0.5) is 0 Å². The predicted octanol–water partition coefficient (Wildman–Crippen LogP) is 16.1. The predicted molar refractivity (Wildman–Crippen MR) is 262 cm³/mol. The molecule has 3 aromatic heterocycles. The van der Waals surface area contributed by atoms with Gasteiger partial charge in [0.1, 0.15) is 17.0 Å². The number of fused-ring (bicyclic) bond motifs is 10. The molecule has 4 heteroatoms. The minimum Gasteiger partial charge on any atom is -0.455 e. The lowest BCUT2D eigenvalue weighted by molar-refractivity contribution is 0.670. The topological polar surface area (TPSA) is 35.9 Å². The molecular weight excluding hydrogens is 755 g/mol. The van der Waals surface area contributed by atoms with E-state index in [0.29, 0.717) is 0 Å². The summed E-state index contributed by atoms with van der Waals surface area (Å²) in [7, 11) is 2.24. The molecule has 9 aromatic carbocycles. The lowest BCUT2D eigenvalue weighted by Crippen LogP contribution is -2.10. The van der Waals surface area contributed by atoms with Crippen molar-refractivity contribution in [2.45, 2.75) is 39.5 Å². The maximum absolute atomic E-state index is 6.99. The van der Waals surface area contributed by atoms with E-state index in [-0.39, 0.29) is 11.8 Å². The first-order valence-electron chi connectivity index (χ1n) is 21.8. The first kappa shape index (κ1) is 36.4. The van der Waals surface area contributed by atoms with Gasteiger partial charge in [0.05, 0.1) is 27.8 Å². The maximum Gasteiger partial charge on any atom is 0.149 e. The highest BCUT2D eigenvalue weighted by Gasteiger charge is 2.28. The number of para-hydroxylation sites is 3. The second-order valence-corrected chi connectivity index (χ2v) is 17.6. The largest absolute Gasteiger partial charge is 0.455 e. The van der Waals surface area contributed by atoms with Gasteiger partial charge in [0.15, 0.2) is 0 Å². The van der Waals surface area contributed by atoms with Crippen molar-refractivity contribution >= 4 is 76.3 Å². The highest BCUT2D eigenvalue weighted by molar-refractivity contribution is 6.18. The third kappa shape index (κ3) is 5.42. The first-order valence-corrected chi connectivity index (χ1v) is 21.8. The third-order valence-electron chi connectivity index (χ3n) is 13.2. The summed E-state index contributed by atoms with van der Waals surface area (Å²) in [4.78, 5) is 5.49. The number of hydrogen-bond acceptors (Lipinski definition) is 2. The van der Waals surface area contributed by atoms with Crippen molar-refractivity contribution in [1.82, 2.24) is 14.1 Å². The van der Waals surface area contributed by atoms with Gasteiger partial charge in [-0.05, 0) is 110 Å². The van der Waals surface area contributed by atoms with Crippen molar-refractivity contribution in [1.29, 1.82) is 0 Å². The molecule has 12 rings (SSSR count). The van der Waals surface area contributed by atoms with Gasteiger partial charge in [-0.2, -0.15) is 0 Å². The molecule has 0 aliphatic rings. The Morgan fingerprint density at radius 2 is 1.19 bits per heavy atom. The van der Waals surface area contributed by atoms with Gasteiger partial charge in [-0.25, -0.2) is 4.98 Å². The zero-order valence-corrected chi connectivity index (χ0v) is 35.6. The van der Waals surface area contributed by atoms with Crippen LogP contribution in [0.3, 0.4) is 0 Å². The number of rotatable bonds is 6. The van der Waals surface area contributed by atoms with Gasteiger partial charge in [0, 0.05) is 39.7 Å².